The number of nitrogens with two attached hydrogens (primary N) is 1. The maximum atomic E-state index is 12.2. The molecule has 112 valence electrons. The molecule has 0 bridgehead atoms. The van der Waals surface area contributed by atoms with E-state index in [1.165, 1.54) is 0 Å². The molecule has 2 aliphatic rings. The Balaban J connectivity index is 1.56. The Hall–Kier alpha value is -2.89. The molecule has 1 amide bonds. The van der Waals surface area contributed by atoms with E-state index in [0.29, 0.717) is 29.3 Å². The first-order valence-corrected chi connectivity index (χ1v) is 6.94. The van der Waals surface area contributed by atoms with Gasteiger partial charge in [0.2, 0.25) is 6.79 Å². The van der Waals surface area contributed by atoms with Crippen LogP contribution in [0.25, 0.3) is 0 Å². The zero-order valence-electron chi connectivity index (χ0n) is 11.7. The van der Waals surface area contributed by atoms with Gasteiger partial charge in [-0.05, 0) is 35.9 Å². The standard InChI is InChI=1S/C16H14N2O4/c17-10-2-4-12-11(7-10)18-16(19)15(22-12)6-9-1-3-13-14(5-9)21-8-20-13/h1-5,7,15H,6,8,17H2,(H,18,19). The number of hydrogen-bond donors (Lipinski definition) is 2. The molecule has 0 fully saturated rings. The quantitative estimate of drug-likeness (QED) is 0.828. The number of carbonyl (C=O) groups excluding carboxylic acids is 1. The predicted molar refractivity (Wildman–Crippen MR) is 80.2 cm³/mol. The van der Waals surface area contributed by atoms with Gasteiger partial charge in [-0.2, -0.15) is 0 Å². The minimum absolute atomic E-state index is 0.184. The first kappa shape index (κ1) is 12.8. The van der Waals surface area contributed by atoms with Gasteiger partial charge in [0, 0.05) is 12.1 Å². The molecule has 2 aliphatic heterocycles. The summed E-state index contributed by atoms with van der Waals surface area (Å²) in [6, 6.07) is 10.8. The maximum absolute atomic E-state index is 12.2. The number of anilines is 2. The third kappa shape index (κ3) is 2.18. The topological polar surface area (TPSA) is 82.8 Å². The van der Waals surface area contributed by atoms with Gasteiger partial charge >= 0.3 is 0 Å². The molecule has 22 heavy (non-hydrogen) atoms. The molecule has 0 aliphatic carbocycles. The second-order valence-electron chi connectivity index (χ2n) is 5.24. The lowest BCUT2D eigenvalue weighted by Gasteiger charge is -2.26. The van der Waals surface area contributed by atoms with Gasteiger partial charge in [-0.15, -0.1) is 0 Å². The molecule has 6 nitrogen and oxygen atoms in total. The first-order chi connectivity index (χ1) is 10.7. The van der Waals surface area contributed by atoms with Crippen molar-refractivity contribution in [3.05, 3.63) is 42.0 Å². The van der Waals surface area contributed by atoms with Crippen LogP contribution in [0.3, 0.4) is 0 Å². The van der Waals surface area contributed by atoms with Crippen LogP contribution in [0.5, 0.6) is 17.2 Å². The summed E-state index contributed by atoms with van der Waals surface area (Å²) in [4.78, 5) is 12.2. The molecule has 0 spiro atoms. The van der Waals surface area contributed by atoms with E-state index in [1.54, 1.807) is 18.2 Å². The molecular formula is C16H14N2O4. The Morgan fingerprint density at radius 1 is 1.09 bits per heavy atom. The molecule has 1 atom stereocenters. The highest BCUT2D eigenvalue weighted by atomic mass is 16.7. The first-order valence-electron chi connectivity index (χ1n) is 6.94. The Bertz CT molecular complexity index is 760. The normalized spacial score (nSPS) is 18.4. The number of nitrogen functional groups attached to an aromatic ring is 1. The summed E-state index contributed by atoms with van der Waals surface area (Å²) < 4.78 is 16.4. The van der Waals surface area contributed by atoms with Crippen molar-refractivity contribution < 1.29 is 19.0 Å². The number of hydrogen-bond acceptors (Lipinski definition) is 5. The number of ether oxygens (including phenoxy) is 3. The molecule has 0 saturated carbocycles. The molecule has 4 rings (SSSR count). The zero-order valence-corrected chi connectivity index (χ0v) is 11.7. The van der Waals surface area contributed by atoms with Crippen LogP contribution in [0.2, 0.25) is 0 Å². The van der Waals surface area contributed by atoms with E-state index in [9.17, 15) is 4.79 Å². The maximum Gasteiger partial charge on any atom is 0.265 e. The van der Waals surface area contributed by atoms with Crippen molar-refractivity contribution in [3.63, 3.8) is 0 Å². The molecule has 0 aromatic heterocycles. The van der Waals surface area contributed by atoms with E-state index in [2.05, 4.69) is 5.32 Å². The van der Waals surface area contributed by atoms with Crippen molar-refractivity contribution in [3.8, 4) is 17.2 Å². The summed E-state index contributed by atoms with van der Waals surface area (Å²) in [6.45, 7) is 0.230. The van der Waals surface area contributed by atoms with E-state index in [0.717, 1.165) is 11.3 Å². The highest BCUT2D eigenvalue weighted by molar-refractivity contribution is 5.98. The molecule has 2 heterocycles. The van der Waals surface area contributed by atoms with Crippen LogP contribution in [0.15, 0.2) is 36.4 Å². The highest BCUT2D eigenvalue weighted by Crippen LogP contribution is 2.35. The minimum Gasteiger partial charge on any atom is -0.478 e. The van der Waals surface area contributed by atoms with E-state index < -0.39 is 6.10 Å². The number of carbonyl (C=O) groups is 1. The Labute approximate surface area is 126 Å². The molecular weight excluding hydrogens is 284 g/mol. The lowest BCUT2D eigenvalue weighted by atomic mass is 10.0. The number of nitrogens with one attached hydrogen (secondary N) is 1. The monoisotopic (exact) mass is 298 g/mol. The molecule has 0 radical (unpaired) electrons. The van der Waals surface area contributed by atoms with Crippen LogP contribution >= 0.6 is 0 Å². The summed E-state index contributed by atoms with van der Waals surface area (Å²) in [5.41, 5.74) is 7.84. The zero-order chi connectivity index (χ0) is 15.1. The van der Waals surface area contributed by atoms with E-state index >= 15 is 0 Å². The van der Waals surface area contributed by atoms with Gasteiger partial charge in [-0.3, -0.25) is 4.79 Å². The van der Waals surface area contributed by atoms with Crippen LogP contribution < -0.4 is 25.3 Å². The van der Waals surface area contributed by atoms with Gasteiger partial charge in [0.1, 0.15) is 5.75 Å². The second-order valence-corrected chi connectivity index (χ2v) is 5.24. The summed E-state index contributed by atoms with van der Waals surface area (Å²) in [7, 11) is 0. The fourth-order valence-corrected chi connectivity index (χ4v) is 2.58. The lowest BCUT2D eigenvalue weighted by Crippen LogP contribution is -2.38. The minimum atomic E-state index is -0.587. The van der Waals surface area contributed by atoms with Crippen molar-refractivity contribution in [2.24, 2.45) is 0 Å². The number of amides is 1. The van der Waals surface area contributed by atoms with Gasteiger partial charge in [0.05, 0.1) is 5.69 Å². The molecule has 6 heteroatoms. The van der Waals surface area contributed by atoms with Crippen molar-refractivity contribution in [2.75, 3.05) is 17.8 Å². The van der Waals surface area contributed by atoms with Crippen LogP contribution in [0.4, 0.5) is 11.4 Å². The van der Waals surface area contributed by atoms with Crippen LogP contribution in [0.1, 0.15) is 5.56 Å². The van der Waals surface area contributed by atoms with E-state index in [-0.39, 0.29) is 12.7 Å². The van der Waals surface area contributed by atoms with Crippen molar-refractivity contribution in [1.82, 2.24) is 0 Å². The fraction of sp³-hybridized carbons (Fsp3) is 0.188. The predicted octanol–water partition coefficient (Wildman–Crippen LogP) is 1.94. The molecule has 3 N–H and O–H groups in total. The smallest absolute Gasteiger partial charge is 0.265 e. The van der Waals surface area contributed by atoms with Crippen molar-refractivity contribution in [1.29, 1.82) is 0 Å². The van der Waals surface area contributed by atoms with Gasteiger partial charge in [0.15, 0.2) is 17.6 Å². The van der Waals surface area contributed by atoms with Crippen LogP contribution in [-0.2, 0) is 11.2 Å². The number of fused-ring (bicyclic) bond motifs is 2. The Morgan fingerprint density at radius 2 is 1.91 bits per heavy atom. The summed E-state index contributed by atoms with van der Waals surface area (Å²) in [6.07, 6.45) is -0.136. The SMILES string of the molecule is Nc1ccc2c(c1)NC(=O)C(Cc1ccc3c(c1)OCO3)O2. The summed E-state index contributed by atoms with van der Waals surface area (Å²) in [5.74, 6) is 1.86. The lowest BCUT2D eigenvalue weighted by molar-refractivity contribution is -0.123. The molecule has 2 aromatic rings. The molecule has 2 aromatic carbocycles. The van der Waals surface area contributed by atoms with Crippen molar-refractivity contribution >= 4 is 17.3 Å². The van der Waals surface area contributed by atoms with Gasteiger partial charge in [-0.1, -0.05) is 6.07 Å². The van der Waals surface area contributed by atoms with E-state index in [4.69, 9.17) is 19.9 Å². The Kier molecular flexibility index (Phi) is 2.82. The van der Waals surface area contributed by atoms with Gasteiger partial charge in [0.25, 0.3) is 5.91 Å². The van der Waals surface area contributed by atoms with Crippen LogP contribution in [-0.4, -0.2) is 18.8 Å². The largest absolute Gasteiger partial charge is 0.478 e. The van der Waals surface area contributed by atoms with Gasteiger partial charge < -0.3 is 25.3 Å². The average molecular weight is 298 g/mol. The van der Waals surface area contributed by atoms with E-state index in [1.807, 2.05) is 18.2 Å². The fourth-order valence-electron chi connectivity index (χ4n) is 2.58. The van der Waals surface area contributed by atoms with Crippen molar-refractivity contribution in [2.45, 2.75) is 12.5 Å². The van der Waals surface area contributed by atoms with Gasteiger partial charge in [-0.25, -0.2) is 0 Å². The number of rotatable bonds is 2. The third-order valence-electron chi connectivity index (χ3n) is 3.68. The van der Waals surface area contributed by atoms with Crippen LogP contribution in [0, 0.1) is 0 Å². The Morgan fingerprint density at radius 3 is 2.82 bits per heavy atom. The summed E-state index contributed by atoms with van der Waals surface area (Å²) in [5, 5.41) is 2.82. The highest BCUT2D eigenvalue weighted by Gasteiger charge is 2.28. The third-order valence-corrected chi connectivity index (χ3v) is 3.68. The molecule has 1 unspecified atom stereocenters. The molecule has 0 saturated heterocycles. The second kappa shape index (κ2) is 4.84. The number of benzene rings is 2. The summed E-state index contributed by atoms with van der Waals surface area (Å²) >= 11 is 0. The average Bonchev–Trinajstić information content (AvgIpc) is 2.96.